The van der Waals surface area contributed by atoms with E-state index in [1.54, 1.807) is 29.1 Å². The SMILES string of the molecule is Cc1c(/C=C/CN2CCN(c3cc(F)cc(C#N)c3)CC2)cnn1-c1ncccc1Cl. The lowest BCUT2D eigenvalue weighted by Crippen LogP contribution is -2.46. The second-order valence-corrected chi connectivity index (χ2v) is 7.81. The average Bonchev–Trinajstić information content (AvgIpc) is 3.14. The first kappa shape index (κ1) is 21.0. The zero-order valence-corrected chi connectivity index (χ0v) is 17.9. The van der Waals surface area contributed by atoms with E-state index in [4.69, 9.17) is 16.9 Å². The van der Waals surface area contributed by atoms with Crippen LogP contribution >= 0.6 is 11.6 Å². The van der Waals surface area contributed by atoms with Gasteiger partial charge in [0.25, 0.3) is 0 Å². The van der Waals surface area contributed by atoms with Crippen molar-refractivity contribution in [3.63, 3.8) is 0 Å². The van der Waals surface area contributed by atoms with Gasteiger partial charge in [-0.1, -0.05) is 23.8 Å². The second-order valence-electron chi connectivity index (χ2n) is 7.41. The van der Waals surface area contributed by atoms with Crippen LogP contribution in [0.4, 0.5) is 10.1 Å². The molecule has 3 heterocycles. The van der Waals surface area contributed by atoms with Crippen LogP contribution in [0, 0.1) is 24.1 Å². The van der Waals surface area contributed by atoms with Crippen molar-refractivity contribution in [3.05, 3.63) is 76.5 Å². The van der Waals surface area contributed by atoms with E-state index in [1.165, 1.54) is 12.1 Å². The van der Waals surface area contributed by atoms with Gasteiger partial charge >= 0.3 is 0 Å². The summed E-state index contributed by atoms with van der Waals surface area (Å²) in [6.45, 7) is 6.12. The molecule has 0 radical (unpaired) electrons. The molecule has 0 atom stereocenters. The van der Waals surface area contributed by atoms with Gasteiger partial charge in [0.1, 0.15) is 5.82 Å². The monoisotopic (exact) mass is 436 g/mol. The van der Waals surface area contributed by atoms with E-state index < -0.39 is 0 Å². The Morgan fingerprint density at radius 1 is 1.23 bits per heavy atom. The fourth-order valence-corrected chi connectivity index (χ4v) is 3.87. The van der Waals surface area contributed by atoms with Crippen molar-refractivity contribution in [1.29, 1.82) is 5.26 Å². The molecule has 6 nitrogen and oxygen atoms in total. The number of benzene rings is 1. The highest BCUT2D eigenvalue weighted by atomic mass is 35.5. The lowest BCUT2D eigenvalue weighted by atomic mass is 10.1. The molecule has 8 heteroatoms. The number of pyridine rings is 1. The molecule has 1 fully saturated rings. The quantitative estimate of drug-likeness (QED) is 0.603. The van der Waals surface area contributed by atoms with Gasteiger partial charge in [-0.05, 0) is 37.3 Å². The van der Waals surface area contributed by atoms with E-state index in [-0.39, 0.29) is 5.82 Å². The third-order valence-electron chi connectivity index (χ3n) is 5.40. The summed E-state index contributed by atoms with van der Waals surface area (Å²) >= 11 is 6.24. The van der Waals surface area contributed by atoms with Gasteiger partial charge in [-0.3, -0.25) is 4.90 Å². The van der Waals surface area contributed by atoms with Crippen LogP contribution in [0.2, 0.25) is 5.02 Å². The number of nitrogens with zero attached hydrogens (tertiary/aromatic N) is 6. The Bertz CT molecular complexity index is 1140. The molecule has 2 aromatic heterocycles. The predicted molar refractivity (Wildman–Crippen MR) is 120 cm³/mol. The third-order valence-corrected chi connectivity index (χ3v) is 5.69. The topological polar surface area (TPSA) is 61.0 Å². The van der Waals surface area contributed by atoms with Crippen LogP contribution in [0.1, 0.15) is 16.8 Å². The summed E-state index contributed by atoms with van der Waals surface area (Å²) in [5.74, 6) is 0.247. The van der Waals surface area contributed by atoms with Crippen LogP contribution in [0.3, 0.4) is 0 Å². The minimum atomic E-state index is -0.373. The molecular weight excluding hydrogens is 415 g/mol. The van der Waals surface area contributed by atoms with E-state index in [9.17, 15) is 4.39 Å². The standard InChI is InChI=1S/C23H22ClFN6/c1-17-19(16-28-31(17)23-22(24)5-2-6-27-23)4-3-7-29-8-10-30(11-9-29)21-13-18(15-26)12-20(25)14-21/h2-6,12-14,16H,7-11H2,1H3/b4-3+. The zero-order valence-electron chi connectivity index (χ0n) is 17.2. The fraction of sp³-hybridized carbons (Fsp3) is 0.261. The Labute approximate surface area is 185 Å². The number of rotatable bonds is 5. The van der Waals surface area contributed by atoms with Gasteiger partial charge in [-0.15, -0.1) is 0 Å². The molecule has 0 aliphatic carbocycles. The molecule has 1 aliphatic rings. The summed E-state index contributed by atoms with van der Waals surface area (Å²) < 4.78 is 15.5. The third kappa shape index (κ3) is 4.76. The molecular formula is C23H22ClFN6. The first-order valence-electron chi connectivity index (χ1n) is 10.0. The van der Waals surface area contributed by atoms with E-state index in [1.807, 2.05) is 19.2 Å². The Morgan fingerprint density at radius 2 is 2.03 bits per heavy atom. The van der Waals surface area contributed by atoms with Crippen LogP contribution in [0.25, 0.3) is 11.9 Å². The van der Waals surface area contributed by atoms with Gasteiger partial charge in [-0.2, -0.15) is 10.4 Å². The van der Waals surface area contributed by atoms with Crippen molar-refractivity contribution in [3.8, 4) is 11.9 Å². The van der Waals surface area contributed by atoms with Gasteiger partial charge < -0.3 is 4.90 Å². The van der Waals surface area contributed by atoms with E-state index in [2.05, 4.69) is 32.0 Å². The fourth-order valence-electron chi connectivity index (χ4n) is 3.67. The van der Waals surface area contributed by atoms with Crippen molar-refractivity contribution in [2.24, 2.45) is 0 Å². The smallest absolute Gasteiger partial charge is 0.172 e. The van der Waals surface area contributed by atoms with Crippen LogP contribution in [-0.2, 0) is 0 Å². The molecule has 0 unspecified atom stereocenters. The van der Waals surface area contributed by atoms with E-state index >= 15 is 0 Å². The molecule has 0 N–H and O–H groups in total. The molecule has 0 spiro atoms. The molecule has 1 aromatic carbocycles. The highest BCUT2D eigenvalue weighted by Crippen LogP contribution is 2.21. The Hall–Kier alpha value is -3.21. The van der Waals surface area contributed by atoms with Crippen LogP contribution in [-0.4, -0.2) is 52.4 Å². The number of halogens is 2. The molecule has 0 bridgehead atoms. The maximum Gasteiger partial charge on any atom is 0.172 e. The van der Waals surface area contributed by atoms with Crippen molar-refractivity contribution in [2.45, 2.75) is 6.92 Å². The van der Waals surface area contributed by atoms with Crippen molar-refractivity contribution in [2.75, 3.05) is 37.6 Å². The lowest BCUT2D eigenvalue weighted by molar-refractivity contribution is 0.284. The molecule has 4 rings (SSSR count). The van der Waals surface area contributed by atoms with Crippen molar-refractivity contribution in [1.82, 2.24) is 19.7 Å². The molecule has 3 aromatic rings. The largest absolute Gasteiger partial charge is 0.369 e. The van der Waals surface area contributed by atoms with Crippen LogP contribution < -0.4 is 4.90 Å². The number of hydrogen-bond donors (Lipinski definition) is 0. The summed E-state index contributed by atoms with van der Waals surface area (Å²) in [4.78, 5) is 8.78. The van der Waals surface area contributed by atoms with Gasteiger partial charge in [0.2, 0.25) is 0 Å². The van der Waals surface area contributed by atoms with Crippen LogP contribution in [0.5, 0.6) is 0 Å². The molecule has 158 valence electrons. The maximum atomic E-state index is 13.7. The minimum absolute atomic E-state index is 0.350. The molecule has 1 saturated heterocycles. The molecule has 1 aliphatic heterocycles. The highest BCUT2D eigenvalue weighted by Gasteiger charge is 2.17. The summed E-state index contributed by atoms with van der Waals surface area (Å²) in [5.41, 5.74) is 3.11. The van der Waals surface area contributed by atoms with Gasteiger partial charge in [0.15, 0.2) is 5.82 Å². The number of nitriles is 1. The second kappa shape index (κ2) is 9.29. The maximum absolute atomic E-state index is 13.7. The van der Waals surface area contributed by atoms with Crippen LogP contribution in [0.15, 0.2) is 48.8 Å². The van der Waals surface area contributed by atoms with E-state index in [0.29, 0.717) is 16.4 Å². The number of aromatic nitrogens is 3. The number of hydrogen-bond acceptors (Lipinski definition) is 5. The molecule has 0 saturated carbocycles. The number of anilines is 1. The molecule has 0 amide bonds. The lowest BCUT2D eigenvalue weighted by Gasteiger charge is -2.35. The Balaban J connectivity index is 1.35. The number of piperazine rings is 1. The zero-order chi connectivity index (χ0) is 21.8. The minimum Gasteiger partial charge on any atom is -0.369 e. The Kier molecular flexibility index (Phi) is 6.31. The van der Waals surface area contributed by atoms with E-state index in [0.717, 1.165) is 49.7 Å². The average molecular weight is 437 g/mol. The Morgan fingerprint density at radius 3 is 2.77 bits per heavy atom. The molecule has 31 heavy (non-hydrogen) atoms. The van der Waals surface area contributed by atoms with Gasteiger partial charge in [-0.25, -0.2) is 14.1 Å². The first-order chi connectivity index (χ1) is 15.0. The van der Waals surface area contributed by atoms with Crippen molar-refractivity contribution >= 4 is 23.4 Å². The predicted octanol–water partition coefficient (Wildman–Crippen LogP) is 4.08. The van der Waals surface area contributed by atoms with Crippen molar-refractivity contribution < 1.29 is 4.39 Å². The first-order valence-corrected chi connectivity index (χ1v) is 10.4. The summed E-state index contributed by atoms with van der Waals surface area (Å²) in [5, 5.41) is 14.0. The summed E-state index contributed by atoms with van der Waals surface area (Å²) in [7, 11) is 0. The summed E-state index contributed by atoms with van der Waals surface area (Å²) in [6.07, 6.45) is 7.70. The summed E-state index contributed by atoms with van der Waals surface area (Å²) in [6, 6.07) is 10.1. The normalized spacial score (nSPS) is 14.8. The highest BCUT2D eigenvalue weighted by molar-refractivity contribution is 6.32. The van der Waals surface area contributed by atoms with Gasteiger partial charge in [0, 0.05) is 50.2 Å². The van der Waals surface area contributed by atoms with Gasteiger partial charge in [0.05, 0.1) is 28.5 Å².